The van der Waals surface area contributed by atoms with Gasteiger partial charge in [-0.1, -0.05) is 23.7 Å². The molecular weight excluding hydrogens is 276 g/mol. The number of carbonyl (C=O) groups is 2. The Balaban J connectivity index is 2.09. The molecular formula is C15H17ClN2O2. The van der Waals surface area contributed by atoms with Gasteiger partial charge >= 0.3 is 0 Å². The second-order valence-corrected chi connectivity index (χ2v) is 5.57. The van der Waals surface area contributed by atoms with E-state index in [1.807, 2.05) is 14.1 Å². The number of ketones is 1. The summed E-state index contributed by atoms with van der Waals surface area (Å²) < 4.78 is 0. The quantitative estimate of drug-likeness (QED) is 0.670. The molecule has 0 heterocycles. The number of halogens is 1. The average molecular weight is 293 g/mol. The highest BCUT2D eigenvalue weighted by atomic mass is 35.5. The first kappa shape index (κ1) is 14.6. The van der Waals surface area contributed by atoms with Gasteiger partial charge in [0.05, 0.1) is 10.7 Å². The number of allylic oxidation sites excluding steroid dienone is 1. The number of nitrogens with one attached hydrogen (secondary N) is 1. The molecule has 0 unspecified atom stereocenters. The van der Waals surface area contributed by atoms with Gasteiger partial charge in [-0.2, -0.15) is 0 Å². The maximum Gasteiger partial charge on any atom is 0.238 e. The zero-order valence-electron chi connectivity index (χ0n) is 11.5. The fourth-order valence-electron chi connectivity index (χ4n) is 1.89. The van der Waals surface area contributed by atoms with Crippen LogP contribution < -0.4 is 5.32 Å². The van der Waals surface area contributed by atoms with E-state index < -0.39 is 5.41 Å². The van der Waals surface area contributed by atoms with E-state index >= 15 is 0 Å². The van der Waals surface area contributed by atoms with Gasteiger partial charge in [0.1, 0.15) is 5.41 Å². The van der Waals surface area contributed by atoms with Gasteiger partial charge in [-0.3, -0.25) is 9.59 Å². The van der Waals surface area contributed by atoms with Crippen LogP contribution in [0.2, 0.25) is 5.02 Å². The summed E-state index contributed by atoms with van der Waals surface area (Å²) in [5.74, 6) is -0.435. The fourth-order valence-corrected chi connectivity index (χ4v) is 2.07. The van der Waals surface area contributed by atoms with E-state index in [-0.39, 0.29) is 11.7 Å². The minimum absolute atomic E-state index is 0.157. The van der Waals surface area contributed by atoms with E-state index in [0.717, 1.165) is 0 Å². The lowest BCUT2D eigenvalue weighted by molar-refractivity contribution is -0.130. The molecule has 0 aliphatic heterocycles. The Hall–Kier alpha value is -1.81. The Bertz CT molecular complexity index is 563. The number of hydrogen-bond donors (Lipinski definition) is 1. The third-order valence-electron chi connectivity index (χ3n) is 3.30. The van der Waals surface area contributed by atoms with Crippen LogP contribution in [0.25, 0.3) is 0 Å². The molecule has 0 atom stereocenters. The molecule has 4 nitrogen and oxygen atoms in total. The van der Waals surface area contributed by atoms with Gasteiger partial charge in [-0.15, -0.1) is 0 Å². The summed E-state index contributed by atoms with van der Waals surface area (Å²) in [6.07, 6.45) is 4.28. The van der Waals surface area contributed by atoms with Gasteiger partial charge < -0.3 is 10.2 Å². The normalized spacial score (nSPS) is 15.9. The third kappa shape index (κ3) is 3.02. The van der Waals surface area contributed by atoms with Gasteiger partial charge in [0.15, 0.2) is 5.78 Å². The number of nitrogens with zero attached hydrogens (tertiary/aromatic N) is 1. The number of para-hydroxylation sites is 1. The van der Waals surface area contributed by atoms with Crippen molar-refractivity contribution in [2.75, 3.05) is 19.4 Å². The van der Waals surface area contributed by atoms with Crippen LogP contribution in [0.3, 0.4) is 0 Å². The highest BCUT2D eigenvalue weighted by Gasteiger charge is 2.55. The topological polar surface area (TPSA) is 49.4 Å². The smallest absolute Gasteiger partial charge is 0.238 e. The molecule has 1 aliphatic rings. The molecule has 1 fully saturated rings. The number of carbonyl (C=O) groups excluding carboxylic acids is 2. The lowest BCUT2D eigenvalue weighted by atomic mass is 9.99. The van der Waals surface area contributed by atoms with Crippen molar-refractivity contribution in [1.29, 1.82) is 0 Å². The molecule has 0 radical (unpaired) electrons. The Morgan fingerprint density at radius 1 is 1.30 bits per heavy atom. The maximum absolute atomic E-state index is 12.3. The van der Waals surface area contributed by atoms with Crippen molar-refractivity contribution in [1.82, 2.24) is 4.90 Å². The molecule has 1 N–H and O–H groups in total. The van der Waals surface area contributed by atoms with E-state index in [1.165, 1.54) is 6.08 Å². The van der Waals surface area contributed by atoms with Crippen LogP contribution >= 0.6 is 11.6 Å². The SMILES string of the molecule is CN(C)C=CC(=O)C1(C(=O)Nc2ccccc2Cl)CC1. The molecule has 2 rings (SSSR count). The molecule has 0 saturated heterocycles. The van der Waals surface area contributed by atoms with Crippen molar-refractivity contribution in [3.63, 3.8) is 0 Å². The number of amides is 1. The monoisotopic (exact) mass is 292 g/mol. The first-order chi connectivity index (χ1) is 9.45. The van der Waals surface area contributed by atoms with Crippen LogP contribution in [0.5, 0.6) is 0 Å². The Morgan fingerprint density at radius 3 is 2.50 bits per heavy atom. The summed E-state index contributed by atoms with van der Waals surface area (Å²) in [6, 6.07) is 6.99. The van der Waals surface area contributed by atoms with Crippen molar-refractivity contribution >= 4 is 29.0 Å². The lowest BCUT2D eigenvalue weighted by Gasteiger charge is -2.13. The highest BCUT2D eigenvalue weighted by molar-refractivity contribution is 6.34. The van der Waals surface area contributed by atoms with Crippen LogP contribution in [0.4, 0.5) is 5.69 Å². The summed E-state index contributed by atoms with van der Waals surface area (Å²) in [5, 5.41) is 3.21. The van der Waals surface area contributed by atoms with Crippen LogP contribution in [0.15, 0.2) is 36.5 Å². The molecule has 1 amide bonds. The van der Waals surface area contributed by atoms with Crippen LogP contribution in [0.1, 0.15) is 12.8 Å². The van der Waals surface area contributed by atoms with Gasteiger partial charge in [0.25, 0.3) is 0 Å². The molecule has 1 aliphatic carbocycles. The summed E-state index contributed by atoms with van der Waals surface area (Å²) in [7, 11) is 3.65. The molecule has 0 aromatic heterocycles. The van der Waals surface area contributed by atoms with E-state index in [1.54, 1.807) is 35.4 Å². The van der Waals surface area contributed by atoms with Crippen LogP contribution in [-0.4, -0.2) is 30.7 Å². The predicted molar refractivity (Wildman–Crippen MR) is 79.6 cm³/mol. The van der Waals surface area contributed by atoms with Crippen LogP contribution in [-0.2, 0) is 9.59 Å². The van der Waals surface area contributed by atoms with Gasteiger partial charge in [0, 0.05) is 20.3 Å². The predicted octanol–water partition coefficient (Wildman–Crippen LogP) is 2.70. The second kappa shape index (κ2) is 5.67. The van der Waals surface area contributed by atoms with E-state index in [4.69, 9.17) is 11.6 Å². The zero-order valence-corrected chi connectivity index (χ0v) is 12.3. The van der Waals surface area contributed by atoms with Crippen molar-refractivity contribution in [2.45, 2.75) is 12.8 Å². The zero-order chi connectivity index (χ0) is 14.8. The Kier molecular flexibility index (Phi) is 4.14. The van der Waals surface area contributed by atoms with Gasteiger partial charge in [0.2, 0.25) is 5.91 Å². The number of benzene rings is 1. The van der Waals surface area contributed by atoms with Crippen molar-refractivity contribution in [3.05, 3.63) is 41.6 Å². The number of anilines is 1. The molecule has 20 heavy (non-hydrogen) atoms. The van der Waals surface area contributed by atoms with E-state index in [9.17, 15) is 9.59 Å². The standard InChI is InChI=1S/C15H17ClN2O2/c1-18(2)10-7-13(19)15(8-9-15)14(20)17-12-6-4-3-5-11(12)16/h3-7,10H,8-9H2,1-2H3,(H,17,20). The molecule has 1 aromatic carbocycles. The molecule has 106 valence electrons. The van der Waals surface area contributed by atoms with Crippen molar-refractivity contribution in [3.8, 4) is 0 Å². The highest BCUT2D eigenvalue weighted by Crippen LogP contribution is 2.48. The van der Waals surface area contributed by atoms with Crippen LogP contribution in [0, 0.1) is 5.41 Å². The second-order valence-electron chi connectivity index (χ2n) is 5.16. The molecule has 0 spiro atoms. The van der Waals surface area contributed by atoms with Gasteiger partial charge in [-0.05, 0) is 31.1 Å². The number of rotatable bonds is 5. The molecule has 1 aromatic rings. The molecule has 1 saturated carbocycles. The summed E-state index contributed by atoms with van der Waals surface area (Å²) >= 11 is 6.00. The average Bonchev–Trinajstić information content (AvgIpc) is 3.20. The van der Waals surface area contributed by atoms with E-state index in [2.05, 4.69) is 5.32 Å². The largest absolute Gasteiger partial charge is 0.383 e. The van der Waals surface area contributed by atoms with Gasteiger partial charge in [-0.25, -0.2) is 0 Å². The lowest BCUT2D eigenvalue weighted by Crippen LogP contribution is -2.30. The summed E-state index contributed by atoms with van der Waals surface area (Å²) in [4.78, 5) is 26.2. The Morgan fingerprint density at radius 2 is 1.95 bits per heavy atom. The molecule has 0 bridgehead atoms. The minimum Gasteiger partial charge on any atom is -0.383 e. The first-order valence-corrected chi connectivity index (χ1v) is 6.78. The summed E-state index contributed by atoms with van der Waals surface area (Å²) in [5.41, 5.74) is -0.374. The number of hydrogen-bond acceptors (Lipinski definition) is 3. The van der Waals surface area contributed by atoms with E-state index in [0.29, 0.717) is 23.6 Å². The maximum atomic E-state index is 12.3. The third-order valence-corrected chi connectivity index (χ3v) is 3.63. The molecule has 5 heteroatoms. The first-order valence-electron chi connectivity index (χ1n) is 6.41. The fraction of sp³-hybridized carbons (Fsp3) is 0.333. The minimum atomic E-state index is -0.911. The van der Waals surface area contributed by atoms with Crippen molar-refractivity contribution in [2.24, 2.45) is 5.41 Å². The summed E-state index contributed by atoms with van der Waals surface area (Å²) in [6.45, 7) is 0. The van der Waals surface area contributed by atoms with Crippen molar-refractivity contribution < 1.29 is 9.59 Å². The Labute approximate surface area is 123 Å².